The van der Waals surface area contributed by atoms with Gasteiger partial charge < -0.3 is 16.3 Å². The molecule has 1 aromatic rings. The summed E-state index contributed by atoms with van der Waals surface area (Å²) < 4.78 is 0.898. The highest BCUT2D eigenvalue weighted by atomic mass is 79.9. The van der Waals surface area contributed by atoms with Gasteiger partial charge in [-0.2, -0.15) is 0 Å². The molecule has 4 nitrogen and oxygen atoms in total. The molecule has 0 aromatic heterocycles. The molecule has 82 valence electrons. The van der Waals surface area contributed by atoms with E-state index in [2.05, 4.69) is 26.4 Å². The largest absolute Gasteiger partial charge is 0.409 e. The van der Waals surface area contributed by atoms with Crippen molar-refractivity contribution >= 4 is 39.1 Å². The number of oxime groups is 1. The Morgan fingerprint density at radius 2 is 2.33 bits per heavy atom. The van der Waals surface area contributed by atoms with E-state index in [-0.39, 0.29) is 11.9 Å². The van der Waals surface area contributed by atoms with Gasteiger partial charge in [0.25, 0.3) is 0 Å². The summed E-state index contributed by atoms with van der Waals surface area (Å²) in [5.74, 6) is 0.106. The van der Waals surface area contributed by atoms with Crippen LogP contribution in [-0.2, 0) is 0 Å². The van der Waals surface area contributed by atoms with Crippen molar-refractivity contribution in [2.24, 2.45) is 10.9 Å². The van der Waals surface area contributed by atoms with Crippen LogP contribution in [0.4, 0.5) is 5.69 Å². The second-order valence-corrected chi connectivity index (χ2v) is 4.34. The zero-order valence-electron chi connectivity index (χ0n) is 8.04. The van der Waals surface area contributed by atoms with Crippen LogP contribution >= 0.6 is 27.5 Å². The lowest BCUT2D eigenvalue weighted by Gasteiger charge is -2.14. The molecule has 0 saturated heterocycles. The van der Waals surface area contributed by atoms with Crippen LogP contribution in [0.2, 0.25) is 5.02 Å². The molecule has 1 rings (SSSR count). The van der Waals surface area contributed by atoms with Crippen LogP contribution in [0.15, 0.2) is 27.8 Å². The molecule has 0 aliphatic heterocycles. The molecular formula is C9H11BrClN3O. The average molecular weight is 293 g/mol. The molecule has 15 heavy (non-hydrogen) atoms. The van der Waals surface area contributed by atoms with Gasteiger partial charge in [0.1, 0.15) is 0 Å². The number of rotatable bonds is 3. The van der Waals surface area contributed by atoms with Gasteiger partial charge in [-0.3, -0.25) is 0 Å². The fourth-order valence-corrected chi connectivity index (χ4v) is 1.73. The number of hydrogen-bond donors (Lipinski definition) is 3. The van der Waals surface area contributed by atoms with Crippen LogP contribution in [0.25, 0.3) is 0 Å². The van der Waals surface area contributed by atoms with E-state index in [0.29, 0.717) is 5.02 Å². The minimum Gasteiger partial charge on any atom is -0.409 e. The number of anilines is 1. The lowest BCUT2D eigenvalue weighted by atomic mass is 10.2. The van der Waals surface area contributed by atoms with Crippen molar-refractivity contribution in [1.29, 1.82) is 0 Å². The monoisotopic (exact) mass is 291 g/mol. The Kier molecular flexibility index (Phi) is 4.23. The van der Waals surface area contributed by atoms with Gasteiger partial charge in [0.05, 0.1) is 16.8 Å². The quantitative estimate of drug-likeness (QED) is 0.347. The van der Waals surface area contributed by atoms with Gasteiger partial charge in [0.2, 0.25) is 0 Å². The molecule has 0 saturated carbocycles. The van der Waals surface area contributed by atoms with Gasteiger partial charge in [-0.05, 0) is 25.1 Å². The van der Waals surface area contributed by atoms with Crippen LogP contribution in [0.3, 0.4) is 0 Å². The highest BCUT2D eigenvalue weighted by molar-refractivity contribution is 9.10. The molecule has 6 heteroatoms. The molecule has 1 aromatic carbocycles. The summed E-state index contributed by atoms with van der Waals surface area (Å²) in [6.07, 6.45) is 0. The summed E-state index contributed by atoms with van der Waals surface area (Å²) in [5, 5.41) is 15.0. The summed E-state index contributed by atoms with van der Waals surface area (Å²) in [4.78, 5) is 0. The van der Waals surface area contributed by atoms with Crippen LogP contribution in [-0.4, -0.2) is 17.1 Å². The SMILES string of the molecule is CC(Nc1ccc(Br)cc1Cl)C(N)=NO. The summed E-state index contributed by atoms with van der Waals surface area (Å²) >= 11 is 9.29. The van der Waals surface area contributed by atoms with E-state index in [1.165, 1.54) is 0 Å². The summed E-state index contributed by atoms with van der Waals surface area (Å²) in [6, 6.07) is 5.15. The Bertz CT molecular complexity index is 384. The predicted molar refractivity (Wildman–Crippen MR) is 65.6 cm³/mol. The smallest absolute Gasteiger partial charge is 0.161 e. The lowest BCUT2D eigenvalue weighted by molar-refractivity contribution is 0.316. The molecule has 0 amide bonds. The van der Waals surface area contributed by atoms with E-state index in [4.69, 9.17) is 22.5 Å². The van der Waals surface area contributed by atoms with Crippen LogP contribution in [0.5, 0.6) is 0 Å². The molecular weight excluding hydrogens is 281 g/mol. The Labute approximate surface area is 101 Å². The molecule has 1 unspecified atom stereocenters. The average Bonchev–Trinajstić information content (AvgIpc) is 2.20. The first kappa shape index (κ1) is 12.1. The van der Waals surface area contributed by atoms with E-state index >= 15 is 0 Å². The maximum Gasteiger partial charge on any atom is 0.161 e. The summed E-state index contributed by atoms with van der Waals surface area (Å²) in [5.41, 5.74) is 6.16. The first-order chi connectivity index (χ1) is 7.04. The maximum atomic E-state index is 8.48. The highest BCUT2D eigenvalue weighted by Gasteiger charge is 2.09. The molecule has 0 radical (unpaired) electrons. The van der Waals surface area contributed by atoms with Gasteiger partial charge in [-0.1, -0.05) is 32.7 Å². The Morgan fingerprint density at radius 3 is 2.87 bits per heavy atom. The zero-order valence-corrected chi connectivity index (χ0v) is 10.4. The molecule has 0 spiro atoms. The number of halogens is 2. The molecule has 1 atom stereocenters. The third-order valence-corrected chi connectivity index (χ3v) is 2.67. The molecule has 0 heterocycles. The number of hydrogen-bond acceptors (Lipinski definition) is 3. The van der Waals surface area contributed by atoms with Crippen molar-refractivity contribution in [3.05, 3.63) is 27.7 Å². The Hall–Kier alpha value is -0.940. The standard InChI is InChI=1S/C9H11BrClN3O/c1-5(9(12)14-15)13-8-3-2-6(10)4-7(8)11/h2-5,13,15H,1H3,(H2,12,14). The Morgan fingerprint density at radius 1 is 1.67 bits per heavy atom. The fourth-order valence-electron chi connectivity index (χ4n) is 1.00. The Balaban J connectivity index is 2.81. The van der Waals surface area contributed by atoms with Crippen LogP contribution < -0.4 is 11.1 Å². The third kappa shape index (κ3) is 3.28. The minimum absolute atomic E-state index is 0.106. The van der Waals surface area contributed by atoms with Gasteiger partial charge in [-0.25, -0.2) is 0 Å². The summed E-state index contributed by atoms with van der Waals surface area (Å²) in [6.45, 7) is 1.77. The number of nitrogens with one attached hydrogen (secondary N) is 1. The van der Waals surface area contributed by atoms with E-state index in [9.17, 15) is 0 Å². The van der Waals surface area contributed by atoms with Crippen molar-refractivity contribution < 1.29 is 5.21 Å². The van der Waals surface area contributed by atoms with Gasteiger partial charge >= 0.3 is 0 Å². The second-order valence-electron chi connectivity index (χ2n) is 3.02. The topological polar surface area (TPSA) is 70.6 Å². The predicted octanol–water partition coefficient (Wildman–Crippen LogP) is 2.65. The number of benzene rings is 1. The summed E-state index contributed by atoms with van der Waals surface area (Å²) in [7, 11) is 0. The van der Waals surface area contributed by atoms with Gasteiger partial charge in [0.15, 0.2) is 5.84 Å². The molecule has 0 bridgehead atoms. The van der Waals surface area contributed by atoms with E-state index in [0.717, 1.165) is 10.2 Å². The van der Waals surface area contributed by atoms with Gasteiger partial charge in [-0.15, -0.1) is 0 Å². The number of nitrogens with zero attached hydrogens (tertiary/aromatic N) is 1. The normalized spacial score (nSPS) is 13.7. The van der Waals surface area contributed by atoms with Crippen LogP contribution in [0, 0.1) is 0 Å². The van der Waals surface area contributed by atoms with E-state index < -0.39 is 0 Å². The molecule has 4 N–H and O–H groups in total. The van der Waals surface area contributed by atoms with E-state index in [1.807, 2.05) is 12.1 Å². The lowest BCUT2D eigenvalue weighted by Crippen LogP contribution is -2.32. The van der Waals surface area contributed by atoms with Crippen LogP contribution in [0.1, 0.15) is 6.92 Å². The van der Waals surface area contributed by atoms with Crippen molar-refractivity contribution in [3.8, 4) is 0 Å². The van der Waals surface area contributed by atoms with Crippen molar-refractivity contribution in [1.82, 2.24) is 0 Å². The number of nitrogens with two attached hydrogens (primary N) is 1. The number of amidine groups is 1. The van der Waals surface area contributed by atoms with Gasteiger partial charge in [0, 0.05) is 4.47 Å². The molecule has 0 fully saturated rings. The van der Waals surface area contributed by atoms with E-state index in [1.54, 1.807) is 13.0 Å². The first-order valence-corrected chi connectivity index (χ1v) is 5.40. The maximum absolute atomic E-state index is 8.48. The minimum atomic E-state index is -0.284. The van der Waals surface area contributed by atoms with Crippen molar-refractivity contribution in [3.63, 3.8) is 0 Å². The van der Waals surface area contributed by atoms with Crippen molar-refractivity contribution in [2.45, 2.75) is 13.0 Å². The highest BCUT2D eigenvalue weighted by Crippen LogP contribution is 2.26. The molecule has 0 aliphatic carbocycles. The zero-order chi connectivity index (χ0) is 11.4. The fraction of sp³-hybridized carbons (Fsp3) is 0.222. The second kappa shape index (κ2) is 5.23. The van der Waals surface area contributed by atoms with Crippen molar-refractivity contribution in [2.75, 3.05) is 5.32 Å². The third-order valence-electron chi connectivity index (χ3n) is 1.86. The molecule has 0 aliphatic rings. The first-order valence-electron chi connectivity index (χ1n) is 4.23.